The van der Waals surface area contributed by atoms with Gasteiger partial charge >= 0.3 is 0 Å². The van der Waals surface area contributed by atoms with Gasteiger partial charge in [-0.25, -0.2) is 4.98 Å². The first-order valence-electron chi connectivity index (χ1n) is 3.13. The van der Waals surface area contributed by atoms with Gasteiger partial charge in [-0.05, 0) is 6.92 Å². The Balaban J connectivity index is 2.52. The number of nitrogens with one attached hydrogen (secondary N) is 1. The number of imidazole rings is 1. The SMILES string of the molecule is CC1C(=O)Nc2nccn21. The second-order valence-electron chi connectivity index (χ2n) is 2.32. The van der Waals surface area contributed by atoms with Gasteiger partial charge < -0.3 is 4.57 Å². The molecule has 2 heterocycles. The maximum Gasteiger partial charge on any atom is 0.249 e. The van der Waals surface area contributed by atoms with Gasteiger partial charge in [-0.2, -0.15) is 0 Å². The lowest BCUT2D eigenvalue weighted by molar-refractivity contribution is -0.117. The van der Waals surface area contributed by atoms with E-state index in [-0.39, 0.29) is 11.9 Å². The van der Waals surface area contributed by atoms with Gasteiger partial charge in [0.05, 0.1) is 0 Å². The van der Waals surface area contributed by atoms with Crippen molar-refractivity contribution < 1.29 is 4.79 Å². The van der Waals surface area contributed by atoms with Gasteiger partial charge in [0.25, 0.3) is 0 Å². The number of amides is 1. The predicted octanol–water partition coefficient (Wildman–Crippen LogP) is 0.396. The highest BCUT2D eigenvalue weighted by molar-refractivity contribution is 5.95. The molecule has 0 aromatic carbocycles. The van der Waals surface area contributed by atoms with Crippen molar-refractivity contribution >= 4 is 11.9 Å². The summed E-state index contributed by atoms with van der Waals surface area (Å²) < 4.78 is 1.81. The molecule has 0 radical (unpaired) electrons. The smallest absolute Gasteiger partial charge is 0.249 e. The highest BCUT2D eigenvalue weighted by atomic mass is 16.2. The molecule has 1 amide bonds. The molecule has 4 nitrogen and oxygen atoms in total. The van der Waals surface area contributed by atoms with E-state index in [9.17, 15) is 4.79 Å². The minimum Gasteiger partial charge on any atom is -0.305 e. The first kappa shape index (κ1) is 5.46. The third-order valence-electron chi connectivity index (χ3n) is 1.70. The molecule has 0 bridgehead atoms. The highest BCUT2D eigenvalue weighted by Gasteiger charge is 2.25. The van der Waals surface area contributed by atoms with Crippen molar-refractivity contribution in [2.75, 3.05) is 5.32 Å². The monoisotopic (exact) mass is 137 g/mol. The van der Waals surface area contributed by atoms with Gasteiger partial charge in [0.2, 0.25) is 11.9 Å². The highest BCUT2D eigenvalue weighted by Crippen LogP contribution is 2.20. The lowest BCUT2D eigenvalue weighted by Gasteiger charge is -1.98. The van der Waals surface area contributed by atoms with Crippen LogP contribution < -0.4 is 5.32 Å². The van der Waals surface area contributed by atoms with Crippen molar-refractivity contribution in [3.8, 4) is 0 Å². The number of hydrogen-bond donors (Lipinski definition) is 1. The molecule has 4 heteroatoms. The zero-order valence-corrected chi connectivity index (χ0v) is 5.53. The average Bonchev–Trinajstić information content (AvgIpc) is 2.41. The fourth-order valence-electron chi connectivity index (χ4n) is 1.06. The molecule has 0 spiro atoms. The van der Waals surface area contributed by atoms with Crippen LogP contribution in [0, 0.1) is 0 Å². The topological polar surface area (TPSA) is 46.9 Å². The molecule has 0 fully saturated rings. The fourth-order valence-corrected chi connectivity index (χ4v) is 1.06. The molecular weight excluding hydrogens is 130 g/mol. The quantitative estimate of drug-likeness (QED) is 0.562. The van der Waals surface area contributed by atoms with Crippen LogP contribution in [0.25, 0.3) is 0 Å². The normalized spacial score (nSPS) is 22.5. The number of nitrogens with zero attached hydrogens (tertiary/aromatic N) is 2. The predicted molar refractivity (Wildman–Crippen MR) is 35.6 cm³/mol. The van der Waals surface area contributed by atoms with Gasteiger partial charge in [-0.1, -0.05) is 0 Å². The Kier molecular flexibility index (Phi) is 0.869. The van der Waals surface area contributed by atoms with Gasteiger partial charge in [0.15, 0.2) is 0 Å². The number of rotatable bonds is 0. The van der Waals surface area contributed by atoms with Crippen LogP contribution in [0.3, 0.4) is 0 Å². The van der Waals surface area contributed by atoms with Crippen molar-refractivity contribution in [2.45, 2.75) is 13.0 Å². The third-order valence-corrected chi connectivity index (χ3v) is 1.70. The van der Waals surface area contributed by atoms with Crippen molar-refractivity contribution in [1.29, 1.82) is 0 Å². The van der Waals surface area contributed by atoms with Crippen LogP contribution in [-0.4, -0.2) is 15.5 Å². The van der Waals surface area contributed by atoms with Gasteiger partial charge in [0, 0.05) is 12.4 Å². The zero-order chi connectivity index (χ0) is 7.14. The first-order chi connectivity index (χ1) is 4.79. The number of carbonyl (C=O) groups excluding carboxylic acids is 1. The van der Waals surface area contributed by atoms with Crippen molar-refractivity contribution in [1.82, 2.24) is 9.55 Å². The number of anilines is 1. The molecule has 1 aromatic heterocycles. The molecule has 2 rings (SSSR count). The van der Waals surface area contributed by atoms with E-state index in [0.29, 0.717) is 5.95 Å². The molecule has 0 aliphatic carbocycles. The molecule has 1 aliphatic heterocycles. The Labute approximate surface area is 57.9 Å². The Bertz CT molecular complexity index is 278. The van der Waals surface area contributed by atoms with E-state index in [4.69, 9.17) is 0 Å². The summed E-state index contributed by atoms with van der Waals surface area (Å²) in [5.74, 6) is 0.667. The minimum absolute atomic E-state index is 0.0168. The summed E-state index contributed by atoms with van der Waals surface area (Å²) in [5, 5.41) is 2.64. The Hall–Kier alpha value is -1.32. The van der Waals surface area contributed by atoms with Crippen LogP contribution in [0.2, 0.25) is 0 Å². The second-order valence-corrected chi connectivity index (χ2v) is 2.32. The van der Waals surface area contributed by atoms with Crippen LogP contribution in [0.5, 0.6) is 0 Å². The summed E-state index contributed by atoms with van der Waals surface area (Å²) in [6.07, 6.45) is 3.46. The van der Waals surface area contributed by atoms with E-state index in [2.05, 4.69) is 10.3 Å². The number of fused-ring (bicyclic) bond motifs is 1. The number of hydrogen-bond acceptors (Lipinski definition) is 2. The van der Waals surface area contributed by atoms with E-state index in [1.54, 1.807) is 12.4 Å². The first-order valence-corrected chi connectivity index (χ1v) is 3.13. The van der Waals surface area contributed by atoms with Crippen molar-refractivity contribution in [3.05, 3.63) is 12.4 Å². The van der Waals surface area contributed by atoms with Crippen LogP contribution in [-0.2, 0) is 4.79 Å². The van der Waals surface area contributed by atoms with Crippen LogP contribution >= 0.6 is 0 Å². The largest absolute Gasteiger partial charge is 0.305 e. The molecule has 52 valence electrons. The van der Waals surface area contributed by atoms with E-state index >= 15 is 0 Å². The lowest BCUT2D eigenvalue weighted by Crippen LogP contribution is -2.11. The molecule has 1 unspecified atom stereocenters. The Morgan fingerprint density at radius 1 is 1.80 bits per heavy atom. The molecule has 0 saturated heterocycles. The van der Waals surface area contributed by atoms with Gasteiger partial charge in [0.1, 0.15) is 6.04 Å². The molecule has 1 aromatic rings. The minimum atomic E-state index is -0.0995. The Morgan fingerprint density at radius 3 is 3.30 bits per heavy atom. The molecule has 10 heavy (non-hydrogen) atoms. The third kappa shape index (κ3) is 0.504. The molecule has 1 N–H and O–H groups in total. The summed E-state index contributed by atoms with van der Waals surface area (Å²) >= 11 is 0. The standard InChI is InChI=1S/C6H7N3O/c1-4-5(10)8-6-7-2-3-9(4)6/h2-4H,1H3,(H,7,8,10). The average molecular weight is 137 g/mol. The molecule has 0 saturated carbocycles. The fraction of sp³-hybridized carbons (Fsp3) is 0.333. The van der Waals surface area contributed by atoms with Crippen molar-refractivity contribution in [3.63, 3.8) is 0 Å². The van der Waals surface area contributed by atoms with E-state index in [1.807, 2.05) is 11.5 Å². The molecule has 1 atom stereocenters. The van der Waals surface area contributed by atoms with Crippen LogP contribution in [0.4, 0.5) is 5.95 Å². The molecular formula is C6H7N3O. The van der Waals surface area contributed by atoms with Crippen LogP contribution in [0.1, 0.15) is 13.0 Å². The summed E-state index contributed by atoms with van der Waals surface area (Å²) in [6.45, 7) is 1.84. The van der Waals surface area contributed by atoms with E-state index < -0.39 is 0 Å². The maximum absolute atomic E-state index is 10.9. The van der Waals surface area contributed by atoms with Crippen molar-refractivity contribution in [2.24, 2.45) is 0 Å². The molecule has 1 aliphatic rings. The van der Waals surface area contributed by atoms with Gasteiger partial charge in [-0.3, -0.25) is 10.1 Å². The Morgan fingerprint density at radius 2 is 2.60 bits per heavy atom. The summed E-state index contributed by atoms with van der Waals surface area (Å²) in [4.78, 5) is 14.8. The number of carbonyl (C=O) groups is 1. The summed E-state index contributed by atoms with van der Waals surface area (Å²) in [6, 6.07) is -0.0995. The van der Waals surface area contributed by atoms with E-state index in [0.717, 1.165) is 0 Å². The van der Waals surface area contributed by atoms with E-state index in [1.165, 1.54) is 0 Å². The second kappa shape index (κ2) is 1.59. The lowest BCUT2D eigenvalue weighted by atomic mass is 10.3. The summed E-state index contributed by atoms with van der Waals surface area (Å²) in [7, 11) is 0. The van der Waals surface area contributed by atoms with Crippen LogP contribution in [0.15, 0.2) is 12.4 Å². The van der Waals surface area contributed by atoms with Gasteiger partial charge in [-0.15, -0.1) is 0 Å². The maximum atomic E-state index is 10.9. The zero-order valence-electron chi connectivity index (χ0n) is 5.53. The number of aromatic nitrogens is 2. The summed E-state index contributed by atoms with van der Waals surface area (Å²) in [5.41, 5.74) is 0.